The van der Waals surface area contributed by atoms with Crippen LogP contribution in [0, 0.1) is 0 Å². The molecule has 1 aromatic carbocycles. The maximum atomic E-state index is 9.74. The zero-order valence-electron chi connectivity index (χ0n) is 9.87. The van der Waals surface area contributed by atoms with Gasteiger partial charge in [-0.3, -0.25) is 0 Å². The Morgan fingerprint density at radius 1 is 1.12 bits per heavy atom. The van der Waals surface area contributed by atoms with E-state index in [1.165, 1.54) is 0 Å². The summed E-state index contributed by atoms with van der Waals surface area (Å²) in [7, 11) is 0. The molecule has 0 aromatic heterocycles. The summed E-state index contributed by atoms with van der Waals surface area (Å²) in [5.41, 5.74) is 0.905. The standard InChI is InChI=1S/C13H18Cl2O2/c1-2-4-11(16)12(17)8-7-9-5-3-6-10(14)13(9)15/h3,5-6,11-12,16-17H,2,4,7-8H2,1H3. The monoisotopic (exact) mass is 276 g/mol. The summed E-state index contributed by atoms with van der Waals surface area (Å²) >= 11 is 11.9. The van der Waals surface area contributed by atoms with Crippen LogP contribution >= 0.6 is 23.2 Å². The molecule has 1 rings (SSSR count). The molecule has 0 radical (unpaired) electrons. The molecule has 0 fully saturated rings. The molecule has 0 bridgehead atoms. The zero-order chi connectivity index (χ0) is 12.8. The SMILES string of the molecule is CCCC(O)C(O)CCc1cccc(Cl)c1Cl. The third-order valence-corrected chi connectivity index (χ3v) is 3.63. The molecular formula is C13H18Cl2O2. The number of halogens is 2. The lowest BCUT2D eigenvalue weighted by atomic mass is 10.0. The van der Waals surface area contributed by atoms with Gasteiger partial charge >= 0.3 is 0 Å². The number of aliphatic hydroxyl groups excluding tert-OH is 2. The van der Waals surface area contributed by atoms with E-state index >= 15 is 0 Å². The molecule has 0 saturated heterocycles. The number of aliphatic hydroxyl groups is 2. The first kappa shape index (κ1) is 14.8. The molecule has 0 aliphatic carbocycles. The molecule has 17 heavy (non-hydrogen) atoms. The summed E-state index contributed by atoms with van der Waals surface area (Å²) in [6.45, 7) is 1.98. The van der Waals surface area contributed by atoms with E-state index in [4.69, 9.17) is 23.2 Å². The number of aryl methyl sites for hydroxylation is 1. The predicted molar refractivity (Wildman–Crippen MR) is 71.7 cm³/mol. The van der Waals surface area contributed by atoms with Crippen LogP contribution in [0.2, 0.25) is 10.0 Å². The molecule has 0 spiro atoms. The lowest BCUT2D eigenvalue weighted by molar-refractivity contribution is 0.00981. The second kappa shape index (κ2) is 7.22. The Labute approximate surface area is 112 Å². The largest absolute Gasteiger partial charge is 0.390 e. The van der Waals surface area contributed by atoms with Crippen LogP contribution in [0.5, 0.6) is 0 Å². The van der Waals surface area contributed by atoms with Crippen molar-refractivity contribution in [3.05, 3.63) is 33.8 Å². The van der Waals surface area contributed by atoms with Gasteiger partial charge in [-0.15, -0.1) is 0 Å². The average molecular weight is 277 g/mol. The summed E-state index contributed by atoms with van der Waals surface area (Å²) in [5, 5.41) is 20.4. The van der Waals surface area contributed by atoms with Gasteiger partial charge in [0.2, 0.25) is 0 Å². The van der Waals surface area contributed by atoms with E-state index in [1.54, 1.807) is 6.07 Å². The third kappa shape index (κ3) is 4.47. The summed E-state index contributed by atoms with van der Waals surface area (Å²) in [5.74, 6) is 0. The van der Waals surface area contributed by atoms with Crippen LogP contribution in [0.15, 0.2) is 18.2 Å². The van der Waals surface area contributed by atoms with Crippen molar-refractivity contribution in [2.75, 3.05) is 0 Å². The van der Waals surface area contributed by atoms with Crippen molar-refractivity contribution in [3.8, 4) is 0 Å². The summed E-state index contributed by atoms with van der Waals surface area (Å²) < 4.78 is 0. The zero-order valence-corrected chi connectivity index (χ0v) is 11.4. The number of rotatable bonds is 6. The van der Waals surface area contributed by atoms with E-state index in [2.05, 4.69) is 0 Å². The van der Waals surface area contributed by atoms with Gasteiger partial charge in [0.1, 0.15) is 0 Å². The van der Waals surface area contributed by atoms with Crippen LogP contribution < -0.4 is 0 Å². The maximum absolute atomic E-state index is 9.74. The summed E-state index contributed by atoms with van der Waals surface area (Å²) in [4.78, 5) is 0. The second-order valence-corrected chi connectivity index (χ2v) is 4.96. The lowest BCUT2D eigenvalue weighted by Crippen LogP contribution is -2.26. The van der Waals surface area contributed by atoms with Crippen molar-refractivity contribution >= 4 is 23.2 Å². The highest BCUT2D eigenvalue weighted by Crippen LogP contribution is 2.26. The highest BCUT2D eigenvalue weighted by Gasteiger charge is 2.15. The Kier molecular flexibility index (Phi) is 6.28. The highest BCUT2D eigenvalue weighted by atomic mass is 35.5. The number of hydrogen-bond donors (Lipinski definition) is 2. The average Bonchev–Trinajstić information content (AvgIpc) is 2.31. The molecule has 0 heterocycles. The van der Waals surface area contributed by atoms with Gasteiger partial charge < -0.3 is 10.2 Å². The van der Waals surface area contributed by atoms with Gasteiger partial charge in [0.05, 0.1) is 22.3 Å². The molecule has 0 saturated carbocycles. The fourth-order valence-corrected chi connectivity index (χ4v) is 2.14. The van der Waals surface area contributed by atoms with Gasteiger partial charge in [0.15, 0.2) is 0 Å². The Bertz CT molecular complexity index is 355. The smallest absolute Gasteiger partial charge is 0.0802 e. The summed E-state index contributed by atoms with van der Waals surface area (Å²) in [6.07, 6.45) is 1.21. The molecule has 4 heteroatoms. The Hall–Kier alpha value is -0.280. The van der Waals surface area contributed by atoms with E-state index in [9.17, 15) is 10.2 Å². The normalized spacial score (nSPS) is 14.6. The molecule has 0 amide bonds. The lowest BCUT2D eigenvalue weighted by Gasteiger charge is -2.17. The van der Waals surface area contributed by atoms with Gasteiger partial charge in [-0.05, 0) is 30.9 Å². The van der Waals surface area contributed by atoms with Gasteiger partial charge in [0, 0.05) is 0 Å². The molecule has 1 aromatic rings. The Morgan fingerprint density at radius 2 is 1.76 bits per heavy atom. The van der Waals surface area contributed by atoms with E-state index in [0.717, 1.165) is 12.0 Å². The maximum Gasteiger partial charge on any atom is 0.0802 e. The first-order valence-electron chi connectivity index (χ1n) is 5.85. The topological polar surface area (TPSA) is 40.5 Å². The number of hydrogen-bond acceptors (Lipinski definition) is 2. The van der Waals surface area contributed by atoms with Crippen LogP contribution in [0.25, 0.3) is 0 Å². The molecule has 2 unspecified atom stereocenters. The van der Waals surface area contributed by atoms with Crippen molar-refractivity contribution in [2.24, 2.45) is 0 Å². The predicted octanol–water partition coefficient (Wildman–Crippen LogP) is 3.45. The van der Waals surface area contributed by atoms with E-state index in [-0.39, 0.29) is 0 Å². The van der Waals surface area contributed by atoms with Crippen molar-refractivity contribution in [2.45, 2.75) is 44.8 Å². The first-order valence-corrected chi connectivity index (χ1v) is 6.60. The summed E-state index contributed by atoms with van der Waals surface area (Å²) in [6, 6.07) is 5.45. The van der Waals surface area contributed by atoms with Gasteiger partial charge in [-0.1, -0.05) is 48.7 Å². The fourth-order valence-electron chi connectivity index (χ4n) is 1.73. The third-order valence-electron chi connectivity index (χ3n) is 2.77. The highest BCUT2D eigenvalue weighted by molar-refractivity contribution is 6.42. The van der Waals surface area contributed by atoms with Crippen molar-refractivity contribution in [3.63, 3.8) is 0 Å². The van der Waals surface area contributed by atoms with Gasteiger partial charge in [-0.25, -0.2) is 0 Å². The van der Waals surface area contributed by atoms with Crippen LogP contribution in [0.3, 0.4) is 0 Å². The van der Waals surface area contributed by atoms with Gasteiger partial charge in [-0.2, -0.15) is 0 Å². The van der Waals surface area contributed by atoms with Gasteiger partial charge in [0.25, 0.3) is 0 Å². The minimum Gasteiger partial charge on any atom is -0.390 e. The van der Waals surface area contributed by atoms with Crippen LogP contribution in [-0.4, -0.2) is 22.4 Å². The van der Waals surface area contributed by atoms with Crippen molar-refractivity contribution in [1.82, 2.24) is 0 Å². The molecule has 2 nitrogen and oxygen atoms in total. The molecule has 2 N–H and O–H groups in total. The van der Waals surface area contributed by atoms with Crippen LogP contribution in [0.1, 0.15) is 31.7 Å². The molecule has 96 valence electrons. The second-order valence-electron chi connectivity index (χ2n) is 4.17. The van der Waals surface area contributed by atoms with E-state index in [1.807, 2.05) is 19.1 Å². The Morgan fingerprint density at radius 3 is 2.41 bits per heavy atom. The molecule has 2 atom stereocenters. The van der Waals surface area contributed by atoms with Crippen molar-refractivity contribution in [1.29, 1.82) is 0 Å². The van der Waals surface area contributed by atoms with E-state index in [0.29, 0.717) is 29.3 Å². The molecule has 0 aliphatic rings. The minimum absolute atomic E-state index is 0.487. The van der Waals surface area contributed by atoms with Crippen LogP contribution in [0.4, 0.5) is 0 Å². The molecular weight excluding hydrogens is 259 g/mol. The first-order chi connectivity index (χ1) is 8.06. The number of benzene rings is 1. The quantitative estimate of drug-likeness (QED) is 0.836. The minimum atomic E-state index is -0.704. The fraction of sp³-hybridized carbons (Fsp3) is 0.538. The Balaban J connectivity index is 2.52. The van der Waals surface area contributed by atoms with E-state index < -0.39 is 12.2 Å². The van der Waals surface area contributed by atoms with Crippen molar-refractivity contribution < 1.29 is 10.2 Å². The van der Waals surface area contributed by atoms with Crippen LogP contribution in [-0.2, 0) is 6.42 Å². The molecule has 0 aliphatic heterocycles.